The van der Waals surface area contributed by atoms with E-state index in [0.717, 1.165) is 54.3 Å². The normalized spacial score (nSPS) is 16.7. The van der Waals surface area contributed by atoms with Crippen LogP contribution >= 0.6 is 0 Å². The van der Waals surface area contributed by atoms with Crippen LogP contribution in [0.2, 0.25) is 0 Å². The molecule has 1 aliphatic heterocycles. The molecule has 0 aliphatic carbocycles. The lowest BCUT2D eigenvalue weighted by molar-refractivity contribution is 0.122. The molecule has 1 aliphatic rings. The number of hydrogen-bond acceptors (Lipinski definition) is 5. The van der Waals surface area contributed by atoms with E-state index in [1.807, 2.05) is 38.2 Å². The van der Waals surface area contributed by atoms with Crippen LogP contribution < -0.4 is 4.90 Å². The minimum atomic E-state index is -0.725. The monoisotopic (exact) mass is 415 g/mol. The first kappa shape index (κ1) is 21.1. The van der Waals surface area contributed by atoms with E-state index in [1.54, 1.807) is 0 Å². The Kier molecular flexibility index (Phi) is 6.05. The fourth-order valence-electron chi connectivity index (χ4n) is 4.68. The lowest BCUT2D eigenvalue weighted by Crippen LogP contribution is -2.38. The van der Waals surface area contributed by atoms with Crippen LogP contribution in [0, 0.1) is 13.8 Å². The van der Waals surface area contributed by atoms with Gasteiger partial charge in [-0.25, -0.2) is 0 Å². The van der Waals surface area contributed by atoms with Gasteiger partial charge < -0.3 is 14.8 Å². The molecule has 2 heterocycles. The molecule has 5 heteroatoms. The zero-order valence-electron chi connectivity index (χ0n) is 18.4. The van der Waals surface area contributed by atoms with Crippen LogP contribution in [0.5, 0.6) is 0 Å². The van der Waals surface area contributed by atoms with Gasteiger partial charge >= 0.3 is 0 Å². The predicted molar refractivity (Wildman–Crippen MR) is 124 cm³/mol. The van der Waals surface area contributed by atoms with Crippen molar-refractivity contribution in [3.63, 3.8) is 0 Å². The highest BCUT2D eigenvalue weighted by molar-refractivity contribution is 6.00. The molecule has 1 aromatic heterocycles. The number of ether oxygens (including phenoxy) is 1. The molecule has 1 fully saturated rings. The molecule has 4 rings (SSSR count). The van der Waals surface area contributed by atoms with Crippen LogP contribution in [0.3, 0.4) is 0 Å². The van der Waals surface area contributed by atoms with Gasteiger partial charge in [-0.3, -0.25) is 4.98 Å². The van der Waals surface area contributed by atoms with Gasteiger partial charge in [0.15, 0.2) is 0 Å². The lowest BCUT2D eigenvalue weighted by atomic mass is 9.65. The van der Waals surface area contributed by atoms with Crippen molar-refractivity contribution in [3.8, 4) is 0 Å². The van der Waals surface area contributed by atoms with E-state index in [-0.39, 0.29) is 0 Å². The van der Waals surface area contributed by atoms with E-state index < -0.39 is 5.41 Å². The van der Waals surface area contributed by atoms with Crippen LogP contribution in [0.4, 0.5) is 5.69 Å². The van der Waals surface area contributed by atoms with Gasteiger partial charge in [0.1, 0.15) is 0 Å². The molecule has 1 atom stereocenters. The Labute approximate surface area is 184 Å². The van der Waals surface area contributed by atoms with Crippen LogP contribution in [-0.2, 0) is 10.2 Å². The Morgan fingerprint density at radius 3 is 2.35 bits per heavy atom. The molecular weight excluding hydrogens is 386 g/mol. The van der Waals surface area contributed by atoms with Gasteiger partial charge in [-0.2, -0.15) is 0 Å². The average Bonchev–Trinajstić information content (AvgIpc) is 2.81. The third kappa shape index (κ3) is 3.81. The maximum Gasteiger partial charge on any atom is 0.0868 e. The van der Waals surface area contributed by atoms with Crippen LogP contribution in [-0.4, -0.2) is 42.2 Å². The van der Waals surface area contributed by atoms with Crippen molar-refractivity contribution in [2.75, 3.05) is 31.2 Å². The second kappa shape index (κ2) is 8.90. The molecule has 5 nitrogen and oxygen atoms in total. The molecule has 0 radical (unpaired) electrons. The number of aryl methyl sites for hydroxylation is 2. The molecule has 0 unspecified atom stereocenters. The van der Waals surface area contributed by atoms with E-state index in [4.69, 9.17) is 4.74 Å². The zero-order chi connectivity index (χ0) is 21.8. The maximum atomic E-state index is 10.0. The molecule has 2 aromatic carbocycles. The van der Waals surface area contributed by atoms with Crippen molar-refractivity contribution < 1.29 is 9.94 Å². The Hall–Kier alpha value is -3.18. The van der Waals surface area contributed by atoms with Crippen LogP contribution in [0.25, 0.3) is 0 Å². The molecule has 1 saturated heterocycles. The van der Waals surface area contributed by atoms with Crippen molar-refractivity contribution >= 4 is 11.4 Å². The summed E-state index contributed by atoms with van der Waals surface area (Å²) < 4.78 is 5.49. The molecular formula is C26H29N3O2. The summed E-state index contributed by atoms with van der Waals surface area (Å²) in [6.45, 7) is 9.26. The predicted octanol–water partition coefficient (Wildman–Crippen LogP) is 4.72. The number of nitrogens with zero attached hydrogens (tertiary/aromatic N) is 3. The summed E-state index contributed by atoms with van der Waals surface area (Å²) in [5, 5.41) is 13.8. The number of rotatable bonds is 5. The van der Waals surface area contributed by atoms with Gasteiger partial charge in [0, 0.05) is 30.7 Å². The van der Waals surface area contributed by atoms with Crippen molar-refractivity contribution in [1.82, 2.24) is 4.98 Å². The molecule has 31 heavy (non-hydrogen) atoms. The standard InChI is InChI=1S/C26H29N3O2/c1-19-6-4-5-7-25(19)26(21(3)28-30,23-12-13-27-20(2)18-23)22-8-10-24(11-9-22)29-14-16-31-17-15-29/h4-13,18,30H,14-17H2,1-3H3/b28-21-/t26-/m0/s1. The Morgan fingerprint density at radius 1 is 1.00 bits per heavy atom. The summed E-state index contributed by atoms with van der Waals surface area (Å²) >= 11 is 0. The number of pyridine rings is 1. The van der Waals surface area contributed by atoms with E-state index in [1.165, 1.54) is 5.69 Å². The second-order valence-electron chi connectivity index (χ2n) is 8.08. The van der Waals surface area contributed by atoms with Gasteiger partial charge in [0.2, 0.25) is 0 Å². The summed E-state index contributed by atoms with van der Waals surface area (Å²) in [6.07, 6.45) is 1.82. The second-order valence-corrected chi connectivity index (χ2v) is 8.08. The van der Waals surface area contributed by atoms with Crippen molar-refractivity contribution in [3.05, 3.63) is 94.8 Å². The highest BCUT2D eigenvalue weighted by Crippen LogP contribution is 2.42. The third-order valence-electron chi connectivity index (χ3n) is 6.25. The number of benzene rings is 2. The lowest BCUT2D eigenvalue weighted by Gasteiger charge is -2.37. The molecule has 0 amide bonds. The largest absolute Gasteiger partial charge is 0.411 e. The molecule has 3 aromatic rings. The molecule has 0 bridgehead atoms. The third-order valence-corrected chi connectivity index (χ3v) is 6.25. The summed E-state index contributed by atoms with van der Waals surface area (Å²) in [5.74, 6) is 0. The first-order chi connectivity index (χ1) is 15.1. The average molecular weight is 416 g/mol. The summed E-state index contributed by atoms with van der Waals surface area (Å²) in [7, 11) is 0. The van der Waals surface area contributed by atoms with E-state index in [2.05, 4.69) is 64.4 Å². The van der Waals surface area contributed by atoms with E-state index >= 15 is 0 Å². The number of anilines is 1. The first-order valence-corrected chi connectivity index (χ1v) is 10.7. The highest BCUT2D eigenvalue weighted by atomic mass is 16.5. The first-order valence-electron chi connectivity index (χ1n) is 10.7. The van der Waals surface area contributed by atoms with Crippen LogP contribution in [0.15, 0.2) is 72.0 Å². The maximum absolute atomic E-state index is 10.0. The smallest absolute Gasteiger partial charge is 0.0868 e. The topological polar surface area (TPSA) is 58.0 Å². The number of hydrogen-bond donors (Lipinski definition) is 1. The minimum Gasteiger partial charge on any atom is -0.411 e. The molecule has 1 N–H and O–H groups in total. The zero-order valence-corrected chi connectivity index (χ0v) is 18.4. The number of aromatic nitrogens is 1. The fourth-order valence-corrected chi connectivity index (χ4v) is 4.68. The van der Waals surface area contributed by atoms with E-state index in [9.17, 15) is 5.21 Å². The Balaban J connectivity index is 1.95. The SMILES string of the molecule is C/C(=N/O)[C@](c1ccc(N2CCOCC2)cc1)(c1ccnc(C)c1)c1ccccc1C. The quantitative estimate of drug-likeness (QED) is 0.372. The van der Waals surface area contributed by atoms with Crippen molar-refractivity contribution in [1.29, 1.82) is 0 Å². The summed E-state index contributed by atoms with van der Waals surface area (Å²) in [5.41, 5.74) is 6.31. The number of oxime groups is 1. The summed E-state index contributed by atoms with van der Waals surface area (Å²) in [4.78, 5) is 6.74. The molecule has 0 spiro atoms. The van der Waals surface area contributed by atoms with Gasteiger partial charge in [0.05, 0.1) is 24.3 Å². The Morgan fingerprint density at radius 2 is 1.71 bits per heavy atom. The Bertz CT molecular complexity index is 1070. The van der Waals surface area contributed by atoms with E-state index in [0.29, 0.717) is 5.71 Å². The fraction of sp³-hybridized carbons (Fsp3) is 0.308. The van der Waals surface area contributed by atoms with Gasteiger partial charge in [-0.15, -0.1) is 0 Å². The van der Waals surface area contributed by atoms with Crippen molar-refractivity contribution in [2.24, 2.45) is 5.16 Å². The van der Waals surface area contributed by atoms with Gasteiger partial charge in [0.25, 0.3) is 0 Å². The highest BCUT2D eigenvalue weighted by Gasteiger charge is 2.41. The van der Waals surface area contributed by atoms with Crippen molar-refractivity contribution in [2.45, 2.75) is 26.2 Å². The minimum absolute atomic E-state index is 0.617. The number of morpholine rings is 1. The van der Waals surface area contributed by atoms with Gasteiger partial charge in [-0.1, -0.05) is 41.6 Å². The summed E-state index contributed by atoms with van der Waals surface area (Å²) in [6, 6.07) is 21.0. The van der Waals surface area contributed by atoms with Gasteiger partial charge in [-0.05, 0) is 67.3 Å². The molecule has 160 valence electrons. The van der Waals surface area contributed by atoms with Crippen LogP contribution in [0.1, 0.15) is 34.9 Å². The molecule has 0 saturated carbocycles.